The number of fused-ring (bicyclic) bond motifs is 4. The van der Waals surface area contributed by atoms with Gasteiger partial charge >= 0.3 is 0 Å². The lowest BCUT2D eigenvalue weighted by Gasteiger charge is -2.43. The second-order valence-corrected chi connectivity index (χ2v) is 13.3. The first kappa shape index (κ1) is 25.1. The van der Waals surface area contributed by atoms with Gasteiger partial charge in [0.1, 0.15) is 0 Å². The Morgan fingerprint density at radius 2 is 0.947 bits per heavy atom. The number of piperazine rings is 1. The van der Waals surface area contributed by atoms with Crippen molar-refractivity contribution in [3.05, 3.63) is 117 Å². The number of hydrogen-bond acceptors (Lipinski definition) is 4. The lowest BCUT2D eigenvalue weighted by molar-refractivity contribution is 0.0662. The number of halogens is 2. The summed E-state index contributed by atoms with van der Waals surface area (Å²) < 4.78 is 0. The van der Waals surface area contributed by atoms with Crippen LogP contribution in [-0.4, -0.2) is 36.0 Å². The van der Waals surface area contributed by atoms with E-state index in [-0.39, 0.29) is 0 Å². The molecule has 0 unspecified atom stereocenters. The van der Waals surface area contributed by atoms with Crippen molar-refractivity contribution in [3.63, 3.8) is 0 Å². The summed E-state index contributed by atoms with van der Waals surface area (Å²) in [5, 5.41) is 1.65. The molecule has 4 aromatic carbocycles. The Balaban J connectivity index is 1.16. The van der Waals surface area contributed by atoms with Crippen molar-refractivity contribution in [2.75, 3.05) is 26.2 Å². The van der Waals surface area contributed by atoms with Crippen molar-refractivity contribution < 1.29 is 0 Å². The van der Waals surface area contributed by atoms with Crippen molar-refractivity contribution >= 4 is 46.7 Å². The van der Waals surface area contributed by atoms with E-state index in [0.717, 1.165) is 49.1 Å². The average molecular weight is 576 g/mol. The molecule has 0 spiro atoms. The normalized spacial score (nSPS) is 21.4. The number of nitrogens with zero attached hydrogens (tertiary/aromatic N) is 2. The maximum Gasteiger partial charge on any atom is 0.0409 e. The van der Waals surface area contributed by atoms with Crippen LogP contribution in [0, 0.1) is 0 Å². The SMILES string of the molecule is Clc1ccc2c(c1)C[C@@H](N1CCN([C@H]3Cc4cc(Cl)ccc4Sc4ccccc43)CC1)c1ccccc1S2. The van der Waals surface area contributed by atoms with E-state index < -0.39 is 0 Å². The van der Waals surface area contributed by atoms with Crippen molar-refractivity contribution in [1.82, 2.24) is 9.80 Å². The number of benzene rings is 4. The van der Waals surface area contributed by atoms with Crippen LogP contribution in [0.5, 0.6) is 0 Å². The highest BCUT2D eigenvalue weighted by Gasteiger charge is 2.34. The summed E-state index contributed by atoms with van der Waals surface area (Å²) in [6.45, 7) is 4.20. The molecule has 0 N–H and O–H groups in total. The molecule has 0 saturated carbocycles. The van der Waals surface area contributed by atoms with E-state index in [1.807, 2.05) is 35.7 Å². The topological polar surface area (TPSA) is 6.48 Å². The fraction of sp³-hybridized carbons (Fsp3) is 0.250. The van der Waals surface area contributed by atoms with Crippen LogP contribution in [0.25, 0.3) is 0 Å². The molecule has 7 rings (SSSR count). The third-order valence-electron chi connectivity index (χ3n) is 8.10. The van der Waals surface area contributed by atoms with Crippen LogP contribution < -0.4 is 0 Å². The minimum atomic E-state index is 0.358. The third-order valence-corrected chi connectivity index (χ3v) is 11.0. The maximum atomic E-state index is 6.44. The molecule has 3 aliphatic heterocycles. The molecule has 38 heavy (non-hydrogen) atoms. The second kappa shape index (κ2) is 10.6. The zero-order valence-corrected chi connectivity index (χ0v) is 24.1. The highest BCUT2D eigenvalue weighted by molar-refractivity contribution is 7.99. The second-order valence-electron chi connectivity index (χ2n) is 10.3. The highest BCUT2D eigenvalue weighted by Crippen LogP contribution is 2.46. The minimum Gasteiger partial charge on any atom is -0.293 e. The molecule has 2 nitrogen and oxygen atoms in total. The van der Waals surface area contributed by atoms with Gasteiger partial charge in [-0.2, -0.15) is 0 Å². The van der Waals surface area contributed by atoms with Gasteiger partial charge in [0, 0.05) is 67.9 Å². The molecule has 1 saturated heterocycles. The Hall–Kier alpha value is -1.92. The van der Waals surface area contributed by atoms with Crippen molar-refractivity contribution in [2.24, 2.45) is 0 Å². The van der Waals surface area contributed by atoms with Crippen LogP contribution in [0.15, 0.2) is 105 Å². The van der Waals surface area contributed by atoms with Gasteiger partial charge < -0.3 is 0 Å². The van der Waals surface area contributed by atoms with Crippen LogP contribution in [-0.2, 0) is 12.8 Å². The molecule has 192 valence electrons. The minimum absolute atomic E-state index is 0.358. The summed E-state index contributed by atoms with van der Waals surface area (Å²) in [7, 11) is 0. The summed E-state index contributed by atoms with van der Waals surface area (Å²) in [6, 6.07) is 31.4. The first-order valence-corrected chi connectivity index (χ1v) is 15.6. The van der Waals surface area contributed by atoms with E-state index in [2.05, 4.69) is 82.6 Å². The van der Waals surface area contributed by atoms with Gasteiger partial charge in [0.05, 0.1) is 0 Å². The molecule has 0 aromatic heterocycles. The van der Waals surface area contributed by atoms with E-state index in [0.29, 0.717) is 12.1 Å². The molecule has 0 aliphatic carbocycles. The Morgan fingerprint density at radius 1 is 0.526 bits per heavy atom. The molecular weight excluding hydrogens is 547 g/mol. The fourth-order valence-electron chi connectivity index (χ4n) is 6.20. The van der Waals surface area contributed by atoms with Crippen molar-refractivity contribution in [2.45, 2.75) is 44.5 Å². The molecule has 0 amide bonds. The molecule has 6 heteroatoms. The van der Waals surface area contributed by atoms with Crippen LogP contribution in [0.2, 0.25) is 10.0 Å². The van der Waals surface area contributed by atoms with Gasteiger partial charge in [-0.15, -0.1) is 0 Å². The quantitative estimate of drug-likeness (QED) is 0.236. The average Bonchev–Trinajstić information content (AvgIpc) is 3.21. The molecular formula is C32H28Cl2N2S2. The largest absolute Gasteiger partial charge is 0.293 e. The molecule has 2 atom stereocenters. The van der Waals surface area contributed by atoms with Gasteiger partial charge in [0.15, 0.2) is 0 Å². The Bertz CT molecular complexity index is 1390. The molecule has 0 radical (unpaired) electrons. The third kappa shape index (κ3) is 4.81. The van der Waals surface area contributed by atoms with Gasteiger partial charge in [-0.25, -0.2) is 0 Å². The van der Waals surface area contributed by atoms with Gasteiger partial charge in [0.2, 0.25) is 0 Å². The van der Waals surface area contributed by atoms with Gasteiger partial charge in [-0.05, 0) is 83.6 Å². The zero-order chi connectivity index (χ0) is 25.6. The predicted molar refractivity (Wildman–Crippen MR) is 160 cm³/mol. The Labute approximate surface area is 243 Å². The summed E-state index contributed by atoms with van der Waals surface area (Å²) >= 11 is 16.6. The van der Waals surface area contributed by atoms with Gasteiger partial charge in [-0.1, -0.05) is 83.1 Å². The molecule has 4 aromatic rings. The van der Waals surface area contributed by atoms with Crippen molar-refractivity contribution in [3.8, 4) is 0 Å². The standard InChI is InChI=1S/C32H28Cl2N2S2/c33-23-9-11-29-21(17-23)19-27(25-5-1-3-7-31(25)37-29)35-13-15-36(16-14-35)28-20-22-18-24(34)10-12-30(22)38-32-8-4-2-6-26(28)32/h1-12,17-18,27-28H,13-16,19-20H2/t27-,28+. The van der Waals surface area contributed by atoms with Gasteiger partial charge in [0.25, 0.3) is 0 Å². The molecule has 3 heterocycles. The summed E-state index contributed by atoms with van der Waals surface area (Å²) in [5.41, 5.74) is 5.60. The summed E-state index contributed by atoms with van der Waals surface area (Å²) in [4.78, 5) is 10.8. The lowest BCUT2D eigenvalue weighted by Crippen LogP contribution is -2.49. The lowest BCUT2D eigenvalue weighted by atomic mass is 9.95. The van der Waals surface area contributed by atoms with E-state index in [1.165, 1.54) is 41.8 Å². The molecule has 3 aliphatic rings. The van der Waals surface area contributed by atoms with Crippen LogP contribution in [0.3, 0.4) is 0 Å². The van der Waals surface area contributed by atoms with E-state index >= 15 is 0 Å². The highest BCUT2D eigenvalue weighted by atomic mass is 35.5. The first-order chi connectivity index (χ1) is 18.6. The molecule has 1 fully saturated rings. The maximum absolute atomic E-state index is 6.44. The number of hydrogen-bond donors (Lipinski definition) is 0. The fourth-order valence-corrected chi connectivity index (χ4v) is 8.82. The smallest absolute Gasteiger partial charge is 0.0409 e. The van der Waals surface area contributed by atoms with Gasteiger partial charge in [-0.3, -0.25) is 9.80 Å². The predicted octanol–water partition coefficient (Wildman–Crippen LogP) is 8.81. The Morgan fingerprint density at radius 3 is 1.39 bits per heavy atom. The summed E-state index contributed by atoms with van der Waals surface area (Å²) in [6.07, 6.45) is 1.99. The zero-order valence-electron chi connectivity index (χ0n) is 20.9. The van der Waals surface area contributed by atoms with Crippen LogP contribution in [0.4, 0.5) is 0 Å². The van der Waals surface area contributed by atoms with Crippen LogP contribution in [0.1, 0.15) is 34.3 Å². The van der Waals surface area contributed by atoms with E-state index in [4.69, 9.17) is 23.2 Å². The molecule has 0 bridgehead atoms. The van der Waals surface area contributed by atoms with Crippen molar-refractivity contribution in [1.29, 1.82) is 0 Å². The first-order valence-electron chi connectivity index (χ1n) is 13.2. The number of rotatable bonds is 2. The summed E-state index contributed by atoms with van der Waals surface area (Å²) in [5.74, 6) is 0. The van der Waals surface area contributed by atoms with E-state index in [1.54, 1.807) is 0 Å². The Kier molecular flexibility index (Phi) is 6.98. The monoisotopic (exact) mass is 574 g/mol. The van der Waals surface area contributed by atoms with E-state index in [9.17, 15) is 0 Å². The van der Waals surface area contributed by atoms with Crippen LogP contribution >= 0.6 is 46.7 Å².